The van der Waals surface area contributed by atoms with Crippen LogP contribution >= 0.6 is 0 Å². The van der Waals surface area contributed by atoms with Crippen LogP contribution in [-0.2, 0) is 9.59 Å². The molecule has 110 valence electrons. The predicted molar refractivity (Wildman–Crippen MR) is 78.3 cm³/mol. The molecule has 1 aromatic rings. The average molecular weight is 278 g/mol. The molecular formula is C15H22N2O3. The van der Waals surface area contributed by atoms with Crippen molar-refractivity contribution in [2.75, 3.05) is 5.32 Å². The van der Waals surface area contributed by atoms with Gasteiger partial charge in [0, 0.05) is 5.69 Å². The van der Waals surface area contributed by atoms with E-state index >= 15 is 0 Å². The number of nitrogens with one attached hydrogen (secondary N) is 2. The van der Waals surface area contributed by atoms with Crippen molar-refractivity contribution in [1.29, 1.82) is 0 Å². The Labute approximate surface area is 119 Å². The Bertz CT molecular complexity index is 499. The fourth-order valence-electron chi connectivity index (χ4n) is 1.32. The quantitative estimate of drug-likeness (QED) is 0.735. The molecule has 0 heterocycles. The van der Waals surface area contributed by atoms with Crippen LogP contribution < -0.4 is 10.6 Å². The molecule has 5 nitrogen and oxygen atoms in total. The molecule has 1 aromatic carbocycles. The van der Waals surface area contributed by atoms with Crippen LogP contribution in [0.2, 0.25) is 0 Å². The maximum atomic E-state index is 11.8. The second-order valence-electron chi connectivity index (χ2n) is 5.96. The molecule has 0 saturated heterocycles. The van der Waals surface area contributed by atoms with Gasteiger partial charge in [0.2, 0.25) is 0 Å². The minimum absolute atomic E-state index is 0.553. The summed E-state index contributed by atoms with van der Waals surface area (Å²) < 4.78 is 0. The highest BCUT2D eigenvalue weighted by molar-refractivity contribution is 6.39. The molecule has 5 heteroatoms. The Morgan fingerprint density at radius 3 is 1.95 bits per heavy atom. The zero-order chi connectivity index (χ0) is 15.6. The van der Waals surface area contributed by atoms with Crippen molar-refractivity contribution in [3.63, 3.8) is 0 Å². The second-order valence-corrected chi connectivity index (χ2v) is 5.96. The molecule has 0 saturated carbocycles. The van der Waals surface area contributed by atoms with E-state index in [0.29, 0.717) is 5.69 Å². The van der Waals surface area contributed by atoms with Gasteiger partial charge in [-0.25, -0.2) is 0 Å². The summed E-state index contributed by atoms with van der Waals surface area (Å²) in [6.07, 6.45) is 0. The first-order chi connectivity index (χ1) is 9.03. The summed E-state index contributed by atoms with van der Waals surface area (Å²) in [5.74, 6) is -1.54. The van der Waals surface area contributed by atoms with Crippen LogP contribution in [-0.4, -0.2) is 28.1 Å². The number of benzene rings is 1. The molecule has 20 heavy (non-hydrogen) atoms. The van der Waals surface area contributed by atoms with Crippen molar-refractivity contribution < 1.29 is 14.7 Å². The summed E-state index contributed by atoms with van der Waals surface area (Å²) in [6, 6.07) is 7.13. The molecule has 0 aromatic heterocycles. The van der Waals surface area contributed by atoms with E-state index in [-0.39, 0.29) is 0 Å². The van der Waals surface area contributed by atoms with Crippen LogP contribution in [0.1, 0.15) is 33.3 Å². The molecule has 0 radical (unpaired) electrons. The Morgan fingerprint density at radius 2 is 1.50 bits per heavy atom. The topological polar surface area (TPSA) is 78.4 Å². The molecule has 0 aliphatic rings. The third kappa shape index (κ3) is 4.06. The number of aliphatic hydroxyl groups is 1. The lowest BCUT2D eigenvalue weighted by molar-refractivity contribution is -0.139. The van der Waals surface area contributed by atoms with E-state index in [0.717, 1.165) is 5.56 Å². The largest absolute Gasteiger partial charge is 0.388 e. The normalized spacial score (nSPS) is 11.9. The summed E-state index contributed by atoms with van der Waals surface area (Å²) in [5, 5.41) is 15.0. The van der Waals surface area contributed by atoms with E-state index < -0.39 is 23.0 Å². The summed E-state index contributed by atoms with van der Waals surface area (Å²) in [6.45, 7) is 8.40. The lowest BCUT2D eigenvalue weighted by Crippen LogP contribution is -2.59. The minimum atomic E-state index is -1.15. The van der Waals surface area contributed by atoms with Crippen molar-refractivity contribution in [3.05, 3.63) is 29.8 Å². The Morgan fingerprint density at radius 1 is 1.00 bits per heavy atom. The summed E-state index contributed by atoms with van der Waals surface area (Å²) >= 11 is 0. The smallest absolute Gasteiger partial charge is 0.313 e. The first kappa shape index (κ1) is 16.2. The fraction of sp³-hybridized carbons (Fsp3) is 0.467. The number of carbonyl (C=O) groups excluding carboxylic acids is 2. The molecule has 0 aliphatic carbocycles. The highest BCUT2D eigenvalue weighted by Crippen LogP contribution is 2.20. The Balaban J connectivity index is 2.69. The fourth-order valence-corrected chi connectivity index (χ4v) is 1.32. The van der Waals surface area contributed by atoms with Crippen molar-refractivity contribution in [1.82, 2.24) is 5.32 Å². The van der Waals surface area contributed by atoms with Gasteiger partial charge in [0.05, 0.1) is 11.1 Å². The number of anilines is 1. The summed E-state index contributed by atoms with van der Waals surface area (Å²) in [4.78, 5) is 23.6. The number of amides is 2. The van der Waals surface area contributed by atoms with Crippen molar-refractivity contribution in [2.24, 2.45) is 0 Å². The minimum Gasteiger partial charge on any atom is -0.388 e. The van der Waals surface area contributed by atoms with Gasteiger partial charge in [-0.05, 0) is 46.8 Å². The summed E-state index contributed by atoms with van der Waals surface area (Å²) in [7, 11) is 0. The van der Waals surface area contributed by atoms with E-state index in [1.165, 1.54) is 0 Å². The maximum absolute atomic E-state index is 11.8. The van der Waals surface area contributed by atoms with Gasteiger partial charge < -0.3 is 15.7 Å². The van der Waals surface area contributed by atoms with Crippen LogP contribution in [0, 0.1) is 6.92 Å². The lowest BCUT2D eigenvalue weighted by atomic mass is 9.86. The van der Waals surface area contributed by atoms with Gasteiger partial charge in [-0.15, -0.1) is 0 Å². The number of aryl methyl sites for hydroxylation is 1. The molecule has 0 fully saturated rings. The standard InChI is InChI=1S/C15H22N2O3/c1-10-6-8-11(9-7-10)16-12(18)13(19)17-14(2,3)15(4,5)20/h6-9,20H,1-5H3,(H,16,18)(H,17,19). The van der Waals surface area contributed by atoms with Crippen LogP contribution in [0.3, 0.4) is 0 Å². The van der Waals surface area contributed by atoms with Crippen LogP contribution in [0.15, 0.2) is 24.3 Å². The third-order valence-electron chi connectivity index (χ3n) is 3.47. The van der Waals surface area contributed by atoms with E-state index in [9.17, 15) is 14.7 Å². The highest BCUT2D eigenvalue weighted by atomic mass is 16.3. The number of hydrogen-bond acceptors (Lipinski definition) is 3. The van der Waals surface area contributed by atoms with Crippen LogP contribution in [0.4, 0.5) is 5.69 Å². The predicted octanol–water partition coefficient (Wildman–Crippen LogP) is 1.60. The van der Waals surface area contributed by atoms with E-state index in [1.807, 2.05) is 19.1 Å². The van der Waals surface area contributed by atoms with Gasteiger partial charge in [-0.1, -0.05) is 17.7 Å². The van der Waals surface area contributed by atoms with Crippen LogP contribution in [0.25, 0.3) is 0 Å². The van der Waals surface area contributed by atoms with E-state index in [2.05, 4.69) is 10.6 Å². The molecule has 3 N–H and O–H groups in total. The number of hydrogen-bond donors (Lipinski definition) is 3. The molecule has 0 atom stereocenters. The monoisotopic (exact) mass is 278 g/mol. The van der Waals surface area contributed by atoms with Gasteiger partial charge in [0.15, 0.2) is 0 Å². The lowest BCUT2D eigenvalue weighted by Gasteiger charge is -2.37. The van der Waals surface area contributed by atoms with Gasteiger partial charge in [-0.3, -0.25) is 9.59 Å². The number of rotatable bonds is 3. The van der Waals surface area contributed by atoms with E-state index in [1.54, 1.807) is 39.8 Å². The first-order valence-corrected chi connectivity index (χ1v) is 6.45. The second kappa shape index (κ2) is 5.63. The SMILES string of the molecule is Cc1ccc(NC(=O)C(=O)NC(C)(C)C(C)(C)O)cc1. The molecule has 0 spiro atoms. The van der Waals surface area contributed by atoms with Crippen molar-refractivity contribution >= 4 is 17.5 Å². The third-order valence-corrected chi connectivity index (χ3v) is 3.47. The van der Waals surface area contributed by atoms with Crippen molar-refractivity contribution in [2.45, 2.75) is 45.8 Å². The zero-order valence-corrected chi connectivity index (χ0v) is 12.6. The average Bonchev–Trinajstić information content (AvgIpc) is 2.30. The van der Waals surface area contributed by atoms with Gasteiger partial charge in [-0.2, -0.15) is 0 Å². The van der Waals surface area contributed by atoms with Crippen molar-refractivity contribution in [3.8, 4) is 0 Å². The maximum Gasteiger partial charge on any atom is 0.313 e. The summed E-state index contributed by atoms with van der Waals surface area (Å²) in [5.41, 5.74) is -0.450. The zero-order valence-electron chi connectivity index (χ0n) is 12.6. The van der Waals surface area contributed by atoms with Gasteiger partial charge >= 0.3 is 11.8 Å². The van der Waals surface area contributed by atoms with Crippen LogP contribution in [0.5, 0.6) is 0 Å². The van der Waals surface area contributed by atoms with Gasteiger partial charge in [0.1, 0.15) is 0 Å². The highest BCUT2D eigenvalue weighted by Gasteiger charge is 2.37. The Hall–Kier alpha value is -1.88. The molecule has 0 aliphatic heterocycles. The van der Waals surface area contributed by atoms with Gasteiger partial charge in [0.25, 0.3) is 0 Å². The molecular weight excluding hydrogens is 256 g/mol. The molecule has 2 amide bonds. The van der Waals surface area contributed by atoms with E-state index in [4.69, 9.17) is 0 Å². The molecule has 0 unspecified atom stereocenters. The molecule has 0 bridgehead atoms. The first-order valence-electron chi connectivity index (χ1n) is 6.45. The molecule has 1 rings (SSSR count). The number of carbonyl (C=O) groups is 2. The Kier molecular flexibility index (Phi) is 4.55.